The van der Waals surface area contributed by atoms with Gasteiger partial charge in [-0.25, -0.2) is 0 Å². The van der Waals surface area contributed by atoms with Crippen molar-refractivity contribution in [1.82, 2.24) is 0 Å². The highest BCUT2D eigenvalue weighted by molar-refractivity contribution is 6.35. The molecule has 0 amide bonds. The number of hydrogen-bond donors (Lipinski definition) is 1. The zero-order valence-electron chi connectivity index (χ0n) is 10.3. The summed E-state index contributed by atoms with van der Waals surface area (Å²) in [6, 6.07) is 5.24. The van der Waals surface area contributed by atoms with Gasteiger partial charge in [0.15, 0.2) is 0 Å². The van der Waals surface area contributed by atoms with E-state index in [1.54, 1.807) is 18.2 Å². The molecule has 2 nitrogen and oxygen atoms in total. The number of benzene rings is 1. The summed E-state index contributed by atoms with van der Waals surface area (Å²) in [6.45, 7) is 5.64. The lowest BCUT2D eigenvalue weighted by atomic mass is 9.88. The van der Waals surface area contributed by atoms with Crippen LogP contribution in [-0.4, -0.2) is 13.2 Å². The van der Waals surface area contributed by atoms with E-state index < -0.39 is 0 Å². The molecule has 0 aliphatic heterocycles. The van der Waals surface area contributed by atoms with Gasteiger partial charge in [-0.1, -0.05) is 37.0 Å². The summed E-state index contributed by atoms with van der Waals surface area (Å²) in [6.07, 6.45) is 2.00. The van der Waals surface area contributed by atoms with Crippen molar-refractivity contribution in [1.29, 1.82) is 0 Å². The zero-order chi connectivity index (χ0) is 12.9. The highest BCUT2D eigenvalue weighted by Crippen LogP contribution is 2.28. The molecule has 17 heavy (non-hydrogen) atoms. The number of ether oxygens (including phenoxy) is 1. The van der Waals surface area contributed by atoms with Crippen LogP contribution in [0.5, 0.6) is 5.75 Å². The molecule has 1 rings (SSSR count). The number of halogens is 2. The molecule has 0 spiro atoms. The van der Waals surface area contributed by atoms with Crippen molar-refractivity contribution in [2.45, 2.75) is 26.7 Å². The van der Waals surface area contributed by atoms with Gasteiger partial charge in [0.05, 0.1) is 11.6 Å². The number of rotatable bonds is 6. The largest absolute Gasteiger partial charge is 0.492 e. The quantitative estimate of drug-likeness (QED) is 0.792. The third-order valence-electron chi connectivity index (χ3n) is 2.70. The normalized spacial score (nSPS) is 11.6. The van der Waals surface area contributed by atoms with Gasteiger partial charge in [0.2, 0.25) is 0 Å². The molecule has 0 unspecified atom stereocenters. The predicted octanol–water partition coefficient (Wildman–Crippen LogP) is 4.14. The zero-order valence-corrected chi connectivity index (χ0v) is 11.8. The minimum absolute atomic E-state index is 0.174. The fraction of sp³-hybridized carbons (Fsp3) is 0.538. The standard InChI is InChI=1S/C13H19Cl2NO/c1-13(2,9-16)6-3-7-17-12-5-4-10(14)8-11(12)15/h4-5,8H,3,6-7,9,16H2,1-2H3. The summed E-state index contributed by atoms with van der Waals surface area (Å²) < 4.78 is 5.60. The molecule has 0 aliphatic carbocycles. The van der Waals surface area contributed by atoms with Crippen molar-refractivity contribution in [2.75, 3.05) is 13.2 Å². The van der Waals surface area contributed by atoms with Crippen molar-refractivity contribution >= 4 is 23.2 Å². The fourth-order valence-corrected chi connectivity index (χ4v) is 1.89. The topological polar surface area (TPSA) is 35.2 Å². The molecule has 1 aromatic carbocycles. The monoisotopic (exact) mass is 275 g/mol. The Hall–Kier alpha value is -0.440. The van der Waals surface area contributed by atoms with Gasteiger partial charge in [-0.05, 0) is 43.0 Å². The Morgan fingerprint density at radius 1 is 1.29 bits per heavy atom. The van der Waals surface area contributed by atoms with E-state index in [1.165, 1.54) is 0 Å². The molecule has 96 valence electrons. The highest BCUT2D eigenvalue weighted by Gasteiger charge is 2.14. The van der Waals surface area contributed by atoms with E-state index in [1.807, 2.05) is 0 Å². The summed E-state index contributed by atoms with van der Waals surface area (Å²) in [5.41, 5.74) is 5.84. The average Bonchev–Trinajstić information content (AvgIpc) is 2.27. The van der Waals surface area contributed by atoms with Crippen LogP contribution in [-0.2, 0) is 0 Å². The van der Waals surface area contributed by atoms with E-state index in [9.17, 15) is 0 Å². The second-order valence-corrected chi connectivity index (χ2v) is 5.74. The Bertz CT molecular complexity index is 366. The Kier molecular flexibility index (Phi) is 5.57. The van der Waals surface area contributed by atoms with E-state index in [2.05, 4.69) is 13.8 Å². The maximum atomic E-state index is 6.00. The van der Waals surface area contributed by atoms with Crippen LogP contribution in [0.3, 0.4) is 0 Å². The van der Waals surface area contributed by atoms with E-state index >= 15 is 0 Å². The molecule has 0 heterocycles. The average molecular weight is 276 g/mol. The lowest BCUT2D eigenvalue weighted by Crippen LogP contribution is -2.23. The van der Waals surface area contributed by atoms with Crippen LogP contribution >= 0.6 is 23.2 Å². The minimum Gasteiger partial charge on any atom is -0.492 e. The summed E-state index contributed by atoms with van der Waals surface area (Å²) in [7, 11) is 0. The molecule has 1 aromatic rings. The Morgan fingerprint density at radius 3 is 2.59 bits per heavy atom. The number of nitrogens with two attached hydrogens (primary N) is 1. The Morgan fingerprint density at radius 2 is 2.00 bits per heavy atom. The van der Waals surface area contributed by atoms with Crippen molar-refractivity contribution in [3.05, 3.63) is 28.2 Å². The molecule has 0 bridgehead atoms. The van der Waals surface area contributed by atoms with Gasteiger partial charge < -0.3 is 10.5 Å². The van der Waals surface area contributed by atoms with E-state index in [4.69, 9.17) is 33.7 Å². The first-order valence-corrected chi connectivity index (χ1v) is 6.48. The first kappa shape index (κ1) is 14.6. The van der Waals surface area contributed by atoms with Gasteiger partial charge in [-0.3, -0.25) is 0 Å². The smallest absolute Gasteiger partial charge is 0.137 e. The van der Waals surface area contributed by atoms with Crippen LogP contribution < -0.4 is 10.5 Å². The molecule has 0 aliphatic rings. The van der Waals surface area contributed by atoms with Gasteiger partial charge >= 0.3 is 0 Å². The molecule has 0 fully saturated rings. The summed E-state index contributed by atoms with van der Waals surface area (Å²) in [5.74, 6) is 0.682. The summed E-state index contributed by atoms with van der Waals surface area (Å²) in [5, 5.41) is 1.17. The van der Waals surface area contributed by atoms with Crippen LogP contribution in [0.2, 0.25) is 10.0 Å². The Balaban J connectivity index is 2.36. The maximum Gasteiger partial charge on any atom is 0.137 e. The van der Waals surface area contributed by atoms with Crippen molar-refractivity contribution in [3.8, 4) is 5.75 Å². The molecule has 0 atom stereocenters. The third kappa shape index (κ3) is 5.15. The summed E-state index contributed by atoms with van der Waals surface area (Å²) >= 11 is 11.8. The Labute approximate surface area is 113 Å². The molecular formula is C13H19Cl2NO. The molecule has 2 N–H and O–H groups in total. The van der Waals surface area contributed by atoms with Crippen LogP contribution in [0.15, 0.2) is 18.2 Å². The first-order valence-electron chi connectivity index (χ1n) is 5.72. The molecule has 0 aromatic heterocycles. The van der Waals surface area contributed by atoms with Gasteiger partial charge in [0.25, 0.3) is 0 Å². The molecule has 0 radical (unpaired) electrons. The van der Waals surface area contributed by atoms with Gasteiger partial charge in [-0.15, -0.1) is 0 Å². The van der Waals surface area contributed by atoms with Gasteiger partial charge in [-0.2, -0.15) is 0 Å². The lowest BCUT2D eigenvalue weighted by Gasteiger charge is -2.22. The van der Waals surface area contributed by atoms with Crippen molar-refractivity contribution < 1.29 is 4.74 Å². The highest BCUT2D eigenvalue weighted by atomic mass is 35.5. The second-order valence-electron chi connectivity index (χ2n) is 4.90. The van der Waals surface area contributed by atoms with Crippen molar-refractivity contribution in [3.63, 3.8) is 0 Å². The van der Waals surface area contributed by atoms with Crippen LogP contribution in [0.1, 0.15) is 26.7 Å². The second kappa shape index (κ2) is 6.48. The van der Waals surface area contributed by atoms with Crippen LogP contribution in [0.4, 0.5) is 0 Å². The van der Waals surface area contributed by atoms with Gasteiger partial charge in [0, 0.05) is 5.02 Å². The maximum absolute atomic E-state index is 6.00. The van der Waals surface area contributed by atoms with E-state index in [-0.39, 0.29) is 5.41 Å². The van der Waals surface area contributed by atoms with E-state index in [0.717, 1.165) is 12.8 Å². The number of hydrogen-bond acceptors (Lipinski definition) is 2. The van der Waals surface area contributed by atoms with Crippen molar-refractivity contribution in [2.24, 2.45) is 11.1 Å². The first-order chi connectivity index (χ1) is 7.94. The molecule has 0 saturated heterocycles. The lowest BCUT2D eigenvalue weighted by molar-refractivity contribution is 0.261. The molecule has 4 heteroatoms. The van der Waals surface area contributed by atoms with E-state index in [0.29, 0.717) is 28.9 Å². The van der Waals surface area contributed by atoms with Gasteiger partial charge in [0.1, 0.15) is 5.75 Å². The fourth-order valence-electron chi connectivity index (χ4n) is 1.43. The molecule has 0 saturated carbocycles. The summed E-state index contributed by atoms with van der Waals surface area (Å²) in [4.78, 5) is 0. The van der Waals surface area contributed by atoms with Crippen LogP contribution in [0, 0.1) is 5.41 Å². The predicted molar refractivity (Wildman–Crippen MR) is 74.0 cm³/mol. The molecular weight excluding hydrogens is 257 g/mol. The van der Waals surface area contributed by atoms with Crippen LogP contribution in [0.25, 0.3) is 0 Å². The minimum atomic E-state index is 0.174. The SMILES string of the molecule is CC(C)(CN)CCCOc1ccc(Cl)cc1Cl. The third-order valence-corrected chi connectivity index (χ3v) is 3.23.